The summed E-state index contributed by atoms with van der Waals surface area (Å²) in [5, 5.41) is 7.56. The van der Waals surface area contributed by atoms with E-state index >= 15 is 0 Å². The molecule has 2 aromatic rings. The molecule has 3 heterocycles. The van der Waals surface area contributed by atoms with Crippen molar-refractivity contribution in [3.63, 3.8) is 0 Å². The maximum absolute atomic E-state index is 13.9. The third-order valence-electron chi connectivity index (χ3n) is 4.76. The van der Waals surface area contributed by atoms with Crippen molar-refractivity contribution < 1.29 is 4.39 Å². The average Bonchev–Trinajstić information content (AvgIpc) is 3.26. The number of hydrogen-bond donors (Lipinski definition) is 1. The molecule has 0 bridgehead atoms. The van der Waals surface area contributed by atoms with Crippen molar-refractivity contribution >= 4 is 5.82 Å². The van der Waals surface area contributed by atoms with Gasteiger partial charge >= 0.3 is 0 Å². The molecule has 2 aromatic heterocycles. The predicted molar refractivity (Wildman–Crippen MR) is 89.4 cm³/mol. The molecule has 2 aliphatic rings. The van der Waals surface area contributed by atoms with Gasteiger partial charge in [-0.15, -0.1) is 0 Å². The monoisotopic (exact) mass is 330 g/mol. The van der Waals surface area contributed by atoms with Crippen LogP contribution in [0.15, 0.2) is 24.7 Å². The number of nitrogens with one attached hydrogen (secondary N) is 1. The molecule has 0 aromatic carbocycles. The predicted octanol–water partition coefficient (Wildman–Crippen LogP) is 2.11. The summed E-state index contributed by atoms with van der Waals surface area (Å²) in [5.41, 5.74) is 1.12. The Labute approximate surface area is 141 Å². The summed E-state index contributed by atoms with van der Waals surface area (Å²) in [6.07, 6.45) is 7.82. The summed E-state index contributed by atoms with van der Waals surface area (Å²) >= 11 is 0. The Morgan fingerprint density at radius 3 is 3.00 bits per heavy atom. The van der Waals surface area contributed by atoms with E-state index in [0.29, 0.717) is 25.4 Å². The van der Waals surface area contributed by atoms with E-state index in [0.717, 1.165) is 23.8 Å². The van der Waals surface area contributed by atoms with Gasteiger partial charge in [0.05, 0.1) is 6.20 Å². The minimum Gasteiger partial charge on any atom is -0.368 e. The molecule has 2 fully saturated rings. The van der Waals surface area contributed by atoms with Crippen LogP contribution < -0.4 is 5.32 Å². The maximum Gasteiger partial charge on any atom is 0.133 e. The van der Waals surface area contributed by atoms with Gasteiger partial charge in [0.1, 0.15) is 17.8 Å². The minimum absolute atomic E-state index is 0.166. The smallest absolute Gasteiger partial charge is 0.133 e. The lowest BCUT2D eigenvalue weighted by atomic mass is 10.2. The van der Waals surface area contributed by atoms with Crippen LogP contribution in [0.3, 0.4) is 0 Å². The summed E-state index contributed by atoms with van der Waals surface area (Å²) in [4.78, 5) is 11.1. The van der Waals surface area contributed by atoms with Gasteiger partial charge in [-0.2, -0.15) is 5.10 Å². The van der Waals surface area contributed by atoms with Gasteiger partial charge in [-0.25, -0.2) is 14.4 Å². The van der Waals surface area contributed by atoms with E-state index in [1.54, 1.807) is 4.68 Å². The van der Waals surface area contributed by atoms with Crippen molar-refractivity contribution in [1.82, 2.24) is 24.6 Å². The number of alkyl halides is 1. The second-order valence-corrected chi connectivity index (χ2v) is 6.89. The van der Waals surface area contributed by atoms with E-state index in [9.17, 15) is 4.39 Å². The fourth-order valence-electron chi connectivity index (χ4n) is 3.35. The van der Waals surface area contributed by atoms with Crippen LogP contribution in [0.1, 0.15) is 36.6 Å². The Kier molecular flexibility index (Phi) is 4.18. The number of rotatable bonds is 6. The summed E-state index contributed by atoms with van der Waals surface area (Å²) in [5.74, 6) is 2.31. The first-order valence-corrected chi connectivity index (χ1v) is 8.60. The van der Waals surface area contributed by atoms with Gasteiger partial charge in [-0.1, -0.05) is 0 Å². The number of nitrogens with zero attached hydrogens (tertiary/aromatic N) is 5. The SMILES string of the molecule is Cn1cc(CN2C[C@@H](F)C[C@H]2CNc2ccnc(C3CC3)n2)cn1. The lowest BCUT2D eigenvalue weighted by molar-refractivity contribution is 0.241. The highest BCUT2D eigenvalue weighted by atomic mass is 19.1. The Bertz CT molecular complexity index is 698. The van der Waals surface area contributed by atoms with E-state index < -0.39 is 6.17 Å². The molecule has 4 rings (SSSR count). The number of likely N-dealkylation sites (tertiary alicyclic amines) is 1. The first-order chi connectivity index (χ1) is 11.7. The zero-order valence-electron chi connectivity index (χ0n) is 13.9. The Morgan fingerprint density at radius 1 is 1.38 bits per heavy atom. The summed E-state index contributed by atoms with van der Waals surface area (Å²) in [6.45, 7) is 1.91. The maximum atomic E-state index is 13.9. The average molecular weight is 330 g/mol. The molecular weight excluding hydrogens is 307 g/mol. The summed E-state index contributed by atoms with van der Waals surface area (Å²) < 4.78 is 15.7. The molecule has 1 saturated carbocycles. The first-order valence-electron chi connectivity index (χ1n) is 8.60. The summed E-state index contributed by atoms with van der Waals surface area (Å²) in [7, 11) is 1.90. The van der Waals surface area contributed by atoms with Crippen LogP contribution in [0.5, 0.6) is 0 Å². The number of aromatic nitrogens is 4. The standard InChI is InChI=1S/C17H23FN6/c1-23-9-12(7-21-23)10-24-11-14(18)6-15(24)8-20-16-4-5-19-17(22-16)13-2-3-13/h4-5,7,9,13-15H,2-3,6,8,10-11H2,1H3,(H,19,20,22)/t14-,15-/m0/s1. The molecule has 1 aliphatic heterocycles. The van der Waals surface area contributed by atoms with Crippen LogP contribution in [-0.4, -0.2) is 50.0 Å². The molecule has 0 amide bonds. The fourth-order valence-corrected chi connectivity index (χ4v) is 3.35. The van der Waals surface area contributed by atoms with Crippen molar-refractivity contribution in [2.75, 3.05) is 18.4 Å². The van der Waals surface area contributed by atoms with Gasteiger partial charge in [-0.05, 0) is 25.3 Å². The van der Waals surface area contributed by atoms with Gasteiger partial charge in [0.2, 0.25) is 0 Å². The normalized spacial score (nSPS) is 24.4. The van der Waals surface area contributed by atoms with Crippen LogP contribution in [0.2, 0.25) is 0 Å². The van der Waals surface area contributed by atoms with Crippen molar-refractivity contribution in [2.45, 2.75) is 43.9 Å². The van der Waals surface area contributed by atoms with Crippen molar-refractivity contribution in [3.8, 4) is 0 Å². The Hall–Kier alpha value is -2.02. The second-order valence-electron chi connectivity index (χ2n) is 6.89. The molecule has 0 radical (unpaired) electrons. The molecular formula is C17H23FN6. The molecule has 0 unspecified atom stereocenters. The van der Waals surface area contributed by atoms with Crippen molar-refractivity contribution in [3.05, 3.63) is 36.0 Å². The number of hydrogen-bond acceptors (Lipinski definition) is 5. The topological polar surface area (TPSA) is 58.9 Å². The summed E-state index contributed by atoms with van der Waals surface area (Å²) in [6, 6.07) is 2.05. The minimum atomic E-state index is -0.763. The van der Waals surface area contributed by atoms with Crippen LogP contribution in [0, 0.1) is 0 Å². The van der Waals surface area contributed by atoms with E-state index in [1.165, 1.54) is 12.8 Å². The molecule has 1 saturated heterocycles. The van der Waals surface area contributed by atoms with E-state index in [4.69, 9.17) is 0 Å². The number of aryl methyl sites for hydroxylation is 1. The van der Waals surface area contributed by atoms with E-state index in [1.807, 2.05) is 31.7 Å². The lowest BCUT2D eigenvalue weighted by Crippen LogP contribution is -2.34. The second kappa shape index (κ2) is 6.47. The van der Waals surface area contributed by atoms with Gasteiger partial charge in [0, 0.05) is 56.6 Å². The van der Waals surface area contributed by atoms with Gasteiger partial charge < -0.3 is 5.32 Å². The Morgan fingerprint density at radius 2 is 2.25 bits per heavy atom. The zero-order valence-corrected chi connectivity index (χ0v) is 13.9. The molecule has 1 N–H and O–H groups in total. The van der Waals surface area contributed by atoms with Gasteiger partial charge in [-0.3, -0.25) is 9.58 Å². The highest BCUT2D eigenvalue weighted by Gasteiger charge is 2.32. The third-order valence-corrected chi connectivity index (χ3v) is 4.76. The number of anilines is 1. The molecule has 6 nitrogen and oxygen atoms in total. The van der Waals surface area contributed by atoms with Crippen molar-refractivity contribution in [1.29, 1.82) is 0 Å². The third kappa shape index (κ3) is 3.56. The van der Waals surface area contributed by atoms with E-state index in [2.05, 4.69) is 25.3 Å². The van der Waals surface area contributed by atoms with Crippen molar-refractivity contribution in [2.24, 2.45) is 7.05 Å². The Balaban J connectivity index is 1.37. The molecule has 128 valence electrons. The van der Waals surface area contributed by atoms with E-state index in [-0.39, 0.29) is 6.04 Å². The van der Waals surface area contributed by atoms with Crippen LogP contribution in [0.4, 0.5) is 10.2 Å². The highest BCUT2D eigenvalue weighted by Crippen LogP contribution is 2.38. The molecule has 7 heteroatoms. The fraction of sp³-hybridized carbons (Fsp3) is 0.588. The zero-order chi connectivity index (χ0) is 16.5. The van der Waals surface area contributed by atoms with Crippen LogP contribution in [0.25, 0.3) is 0 Å². The van der Waals surface area contributed by atoms with Crippen LogP contribution in [-0.2, 0) is 13.6 Å². The molecule has 24 heavy (non-hydrogen) atoms. The lowest BCUT2D eigenvalue weighted by Gasteiger charge is -2.24. The largest absolute Gasteiger partial charge is 0.368 e. The van der Waals surface area contributed by atoms with Crippen LogP contribution >= 0.6 is 0 Å². The van der Waals surface area contributed by atoms with Gasteiger partial charge in [0.25, 0.3) is 0 Å². The highest BCUT2D eigenvalue weighted by molar-refractivity contribution is 5.34. The quantitative estimate of drug-likeness (QED) is 0.879. The number of halogens is 1. The first kappa shape index (κ1) is 15.5. The van der Waals surface area contributed by atoms with Gasteiger partial charge in [0.15, 0.2) is 0 Å². The molecule has 1 aliphatic carbocycles. The molecule has 2 atom stereocenters. The molecule has 0 spiro atoms.